The summed E-state index contributed by atoms with van der Waals surface area (Å²) >= 11 is 3.66. The van der Waals surface area contributed by atoms with Crippen molar-refractivity contribution in [3.8, 4) is 0 Å². The first kappa shape index (κ1) is 10.2. The van der Waals surface area contributed by atoms with Gasteiger partial charge in [0, 0.05) is 4.47 Å². The predicted molar refractivity (Wildman–Crippen MR) is 64.6 cm³/mol. The second kappa shape index (κ2) is 3.69. The molecule has 1 aromatic rings. The molecular formula is C13H17Br. The molecule has 0 spiro atoms. The number of fused-ring (bicyclic) bond motifs is 1. The molecule has 1 heteroatoms. The van der Waals surface area contributed by atoms with E-state index in [0.29, 0.717) is 5.92 Å². The van der Waals surface area contributed by atoms with Crippen LogP contribution in [0.3, 0.4) is 0 Å². The molecule has 0 radical (unpaired) electrons. The number of halogens is 1. The summed E-state index contributed by atoms with van der Waals surface area (Å²) in [5.41, 5.74) is 3.09. The van der Waals surface area contributed by atoms with Gasteiger partial charge in [-0.2, -0.15) is 0 Å². The van der Waals surface area contributed by atoms with Crippen molar-refractivity contribution in [1.29, 1.82) is 0 Å². The van der Waals surface area contributed by atoms with Gasteiger partial charge >= 0.3 is 0 Å². The molecular weight excluding hydrogens is 236 g/mol. The highest BCUT2D eigenvalue weighted by Gasteiger charge is 2.32. The van der Waals surface area contributed by atoms with E-state index in [1.807, 2.05) is 0 Å². The lowest BCUT2D eigenvalue weighted by atomic mass is 9.85. The van der Waals surface area contributed by atoms with Crippen LogP contribution in [0.2, 0.25) is 0 Å². The van der Waals surface area contributed by atoms with Gasteiger partial charge in [0.15, 0.2) is 0 Å². The van der Waals surface area contributed by atoms with E-state index < -0.39 is 0 Å². The third-order valence-corrected chi connectivity index (χ3v) is 4.24. The van der Waals surface area contributed by atoms with Crippen LogP contribution in [-0.4, -0.2) is 0 Å². The lowest BCUT2D eigenvalue weighted by molar-refractivity contribution is 0.355. The smallest absolute Gasteiger partial charge is 0.0212 e. The molecule has 0 saturated carbocycles. The van der Waals surface area contributed by atoms with Gasteiger partial charge in [0.05, 0.1) is 0 Å². The Hall–Kier alpha value is -0.300. The van der Waals surface area contributed by atoms with Crippen LogP contribution in [0.25, 0.3) is 0 Å². The highest BCUT2D eigenvalue weighted by Crippen LogP contribution is 2.44. The van der Waals surface area contributed by atoms with Crippen LogP contribution in [0.4, 0.5) is 0 Å². The molecule has 2 atom stereocenters. The van der Waals surface area contributed by atoms with E-state index in [2.05, 4.69) is 54.9 Å². The second-order valence-electron chi connectivity index (χ2n) is 4.71. The van der Waals surface area contributed by atoms with Crippen molar-refractivity contribution < 1.29 is 0 Å². The van der Waals surface area contributed by atoms with Gasteiger partial charge in [-0.05, 0) is 41.4 Å². The minimum atomic E-state index is 0.709. The van der Waals surface area contributed by atoms with Crippen molar-refractivity contribution in [2.75, 3.05) is 0 Å². The van der Waals surface area contributed by atoms with Gasteiger partial charge in [0.1, 0.15) is 0 Å². The van der Waals surface area contributed by atoms with Crippen molar-refractivity contribution in [1.82, 2.24) is 0 Å². The second-order valence-corrected chi connectivity index (χ2v) is 5.57. The average Bonchev–Trinajstić information content (AvgIpc) is 2.45. The Morgan fingerprint density at radius 3 is 2.64 bits per heavy atom. The van der Waals surface area contributed by atoms with Gasteiger partial charge in [-0.3, -0.25) is 0 Å². The standard InChI is InChI=1S/C13H17Br/c1-8(2)11-7-10-5-4-6-12(14)13(10)9(11)3/h4-6,8-9,11H,7H2,1-3H3/t9-,11+/m1/s1. The Kier molecular flexibility index (Phi) is 2.70. The lowest BCUT2D eigenvalue weighted by Crippen LogP contribution is -2.11. The number of rotatable bonds is 1. The van der Waals surface area contributed by atoms with E-state index in [9.17, 15) is 0 Å². The van der Waals surface area contributed by atoms with E-state index >= 15 is 0 Å². The third-order valence-electron chi connectivity index (χ3n) is 3.55. The zero-order chi connectivity index (χ0) is 10.3. The zero-order valence-corrected chi connectivity index (χ0v) is 10.6. The molecule has 0 aromatic heterocycles. The predicted octanol–water partition coefficient (Wildman–Crippen LogP) is 4.38. The van der Waals surface area contributed by atoms with E-state index in [-0.39, 0.29) is 0 Å². The van der Waals surface area contributed by atoms with Crippen LogP contribution in [0, 0.1) is 11.8 Å². The number of hydrogen-bond acceptors (Lipinski definition) is 0. The van der Waals surface area contributed by atoms with Crippen LogP contribution >= 0.6 is 15.9 Å². The minimum absolute atomic E-state index is 0.709. The normalized spacial score (nSPS) is 25.5. The highest BCUT2D eigenvalue weighted by molar-refractivity contribution is 9.10. The monoisotopic (exact) mass is 252 g/mol. The quantitative estimate of drug-likeness (QED) is 0.696. The first-order valence-electron chi connectivity index (χ1n) is 5.38. The maximum Gasteiger partial charge on any atom is 0.0212 e. The summed E-state index contributed by atoms with van der Waals surface area (Å²) in [7, 11) is 0. The summed E-state index contributed by atoms with van der Waals surface area (Å²) in [6.07, 6.45) is 1.26. The molecule has 0 heterocycles. The Balaban J connectivity index is 2.41. The third kappa shape index (κ3) is 1.52. The van der Waals surface area contributed by atoms with Crippen LogP contribution < -0.4 is 0 Å². The topological polar surface area (TPSA) is 0 Å². The maximum absolute atomic E-state index is 3.66. The molecule has 1 aliphatic rings. The molecule has 1 aliphatic carbocycles. The molecule has 0 saturated heterocycles. The van der Waals surface area contributed by atoms with Crippen molar-refractivity contribution >= 4 is 15.9 Å². The summed E-state index contributed by atoms with van der Waals surface area (Å²) in [6.45, 7) is 7.03. The first-order chi connectivity index (χ1) is 6.61. The van der Waals surface area contributed by atoms with Gasteiger partial charge in [-0.25, -0.2) is 0 Å². The molecule has 0 N–H and O–H groups in total. The fourth-order valence-electron chi connectivity index (χ4n) is 2.73. The zero-order valence-electron chi connectivity index (χ0n) is 9.05. The lowest BCUT2D eigenvalue weighted by Gasteiger charge is -2.20. The molecule has 1 aromatic carbocycles. The Morgan fingerprint density at radius 1 is 1.36 bits per heavy atom. The van der Waals surface area contributed by atoms with Crippen LogP contribution in [0.5, 0.6) is 0 Å². The van der Waals surface area contributed by atoms with Crippen LogP contribution in [-0.2, 0) is 6.42 Å². The summed E-state index contributed by atoms with van der Waals surface area (Å²) in [5, 5.41) is 0. The number of benzene rings is 1. The average molecular weight is 253 g/mol. The Bertz CT molecular complexity index is 341. The maximum atomic E-state index is 3.66. The van der Waals surface area contributed by atoms with Crippen LogP contribution in [0.15, 0.2) is 22.7 Å². The summed E-state index contributed by atoms with van der Waals surface area (Å²) in [4.78, 5) is 0. The fraction of sp³-hybridized carbons (Fsp3) is 0.538. The largest absolute Gasteiger partial charge is 0.0625 e. The molecule has 0 fully saturated rings. The molecule has 76 valence electrons. The van der Waals surface area contributed by atoms with E-state index in [4.69, 9.17) is 0 Å². The van der Waals surface area contributed by atoms with Crippen molar-refractivity contribution in [2.24, 2.45) is 11.8 Å². The molecule has 0 nitrogen and oxygen atoms in total. The summed E-state index contributed by atoms with van der Waals surface area (Å²) in [5.74, 6) is 2.31. The summed E-state index contributed by atoms with van der Waals surface area (Å²) in [6, 6.07) is 6.59. The number of hydrogen-bond donors (Lipinski definition) is 0. The highest BCUT2D eigenvalue weighted by atomic mass is 79.9. The molecule has 0 unspecified atom stereocenters. The fourth-order valence-corrected chi connectivity index (χ4v) is 3.50. The van der Waals surface area contributed by atoms with E-state index in [1.54, 1.807) is 11.1 Å². The van der Waals surface area contributed by atoms with E-state index in [0.717, 1.165) is 11.8 Å². The Labute approximate surface area is 94.8 Å². The van der Waals surface area contributed by atoms with Gasteiger partial charge in [-0.15, -0.1) is 0 Å². The summed E-state index contributed by atoms with van der Waals surface area (Å²) < 4.78 is 1.30. The molecule has 14 heavy (non-hydrogen) atoms. The van der Waals surface area contributed by atoms with Gasteiger partial charge < -0.3 is 0 Å². The molecule has 0 aliphatic heterocycles. The Morgan fingerprint density at radius 2 is 2.07 bits per heavy atom. The SMILES string of the molecule is CC(C)[C@@H]1Cc2cccc(Br)c2[C@@H]1C. The van der Waals surface area contributed by atoms with Gasteiger partial charge in [-0.1, -0.05) is 48.8 Å². The van der Waals surface area contributed by atoms with Gasteiger partial charge in [0.2, 0.25) is 0 Å². The molecule has 0 bridgehead atoms. The van der Waals surface area contributed by atoms with E-state index in [1.165, 1.54) is 10.9 Å². The van der Waals surface area contributed by atoms with Crippen molar-refractivity contribution in [3.63, 3.8) is 0 Å². The molecule has 0 amide bonds. The van der Waals surface area contributed by atoms with Crippen molar-refractivity contribution in [2.45, 2.75) is 33.1 Å². The van der Waals surface area contributed by atoms with Crippen molar-refractivity contribution in [3.05, 3.63) is 33.8 Å². The first-order valence-corrected chi connectivity index (χ1v) is 6.18. The molecule has 2 rings (SSSR count). The van der Waals surface area contributed by atoms with Crippen LogP contribution in [0.1, 0.15) is 37.8 Å². The van der Waals surface area contributed by atoms with Gasteiger partial charge in [0.25, 0.3) is 0 Å². The minimum Gasteiger partial charge on any atom is -0.0625 e.